The molecule has 8 heteroatoms. The number of nitrogens with zero attached hydrogens (tertiary/aromatic N) is 3. The number of fused-ring (bicyclic) bond motifs is 1. The van der Waals surface area contributed by atoms with Gasteiger partial charge >= 0.3 is 0 Å². The van der Waals surface area contributed by atoms with E-state index in [2.05, 4.69) is 4.90 Å². The van der Waals surface area contributed by atoms with E-state index in [-0.39, 0.29) is 24.2 Å². The van der Waals surface area contributed by atoms with E-state index in [0.29, 0.717) is 60.3 Å². The topological polar surface area (TPSA) is 70.2 Å². The van der Waals surface area contributed by atoms with Crippen LogP contribution >= 0.6 is 11.6 Å². The van der Waals surface area contributed by atoms with Gasteiger partial charge in [-0.3, -0.25) is 14.4 Å². The number of benzene rings is 3. The first kappa shape index (κ1) is 23.9. The number of carbonyl (C=O) groups excluding carboxylic acids is 3. The van der Waals surface area contributed by atoms with Gasteiger partial charge in [0, 0.05) is 37.3 Å². The fourth-order valence-corrected chi connectivity index (χ4v) is 4.83. The molecule has 0 N–H and O–H groups in total. The molecular formula is C28H26ClN3O4. The average molecular weight is 504 g/mol. The number of hydrogen-bond donors (Lipinski definition) is 0. The number of amides is 2. The molecule has 1 saturated heterocycles. The van der Waals surface area contributed by atoms with E-state index in [9.17, 15) is 14.4 Å². The highest BCUT2D eigenvalue weighted by molar-refractivity contribution is 6.33. The van der Waals surface area contributed by atoms with Crippen molar-refractivity contribution >= 4 is 40.6 Å². The first-order valence-electron chi connectivity index (χ1n) is 11.9. The lowest BCUT2D eigenvalue weighted by Gasteiger charge is -2.36. The number of rotatable bonds is 5. The normalized spacial score (nSPS) is 15.4. The molecule has 3 aromatic carbocycles. The van der Waals surface area contributed by atoms with Crippen molar-refractivity contribution in [3.05, 3.63) is 88.4 Å². The van der Waals surface area contributed by atoms with Gasteiger partial charge in [0.25, 0.3) is 11.8 Å². The molecule has 36 heavy (non-hydrogen) atoms. The monoisotopic (exact) mass is 503 g/mol. The summed E-state index contributed by atoms with van der Waals surface area (Å²) in [5.74, 6) is 0.299. The van der Waals surface area contributed by atoms with Crippen LogP contribution < -0.4 is 14.5 Å². The van der Waals surface area contributed by atoms with Crippen molar-refractivity contribution in [1.29, 1.82) is 0 Å². The Morgan fingerprint density at radius 3 is 2.28 bits per heavy atom. The molecular weight excluding hydrogens is 478 g/mol. The summed E-state index contributed by atoms with van der Waals surface area (Å²) in [6.07, 6.45) is 0. The Balaban J connectivity index is 1.25. The number of anilines is 2. The summed E-state index contributed by atoms with van der Waals surface area (Å²) in [4.78, 5) is 43.2. The highest BCUT2D eigenvalue weighted by atomic mass is 35.5. The van der Waals surface area contributed by atoms with Gasteiger partial charge in [-0.05, 0) is 55.0 Å². The van der Waals surface area contributed by atoms with Crippen LogP contribution in [0.4, 0.5) is 11.4 Å². The third kappa shape index (κ3) is 4.79. The van der Waals surface area contributed by atoms with Crippen LogP contribution in [0.2, 0.25) is 5.02 Å². The standard InChI is InChI=1S/C28H26ClN3O4/c1-19(33)22-10-11-26-25(16-22)32(27(34)18-36-26)17-20-6-8-21(9-7-20)28(35)31-14-12-30(13-15-31)24-5-3-2-4-23(24)29/h2-11,16H,12-15,17-18H2,1H3. The first-order chi connectivity index (χ1) is 17.4. The van der Waals surface area contributed by atoms with E-state index in [1.54, 1.807) is 35.2 Å². The molecule has 2 heterocycles. The van der Waals surface area contributed by atoms with Crippen LogP contribution in [0, 0.1) is 0 Å². The van der Waals surface area contributed by atoms with E-state index in [1.807, 2.05) is 41.3 Å². The Bertz CT molecular complexity index is 1320. The summed E-state index contributed by atoms with van der Waals surface area (Å²) in [5, 5.41) is 0.715. The molecule has 1 fully saturated rings. The van der Waals surface area contributed by atoms with Crippen LogP contribution in [0.3, 0.4) is 0 Å². The lowest BCUT2D eigenvalue weighted by Crippen LogP contribution is -2.48. The molecule has 7 nitrogen and oxygen atoms in total. The van der Waals surface area contributed by atoms with E-state index in [4.69, 9.17) is 16.3 Å². The van der Waals surface area contributed by atoms with Crippen molar-refractivity contribution in [3.63, 3.8) is 0 Å². The van der Waals surface area contributed by atoms with Crippen LogP contribution in [0.1, 0.15) is 33.2 Å². The number of para-hydroxylation sites is 1. The SMILES string of the molecule is CC(=O)c1ccc2c(c1)N(Cc1ccc(C(=O)N3CCN(c4ccccc4Cl)CC3)cc1)C(=O)CO2. The molecule has 5 rings (SSSR count). The van der Waals surface area contributed by atoms with Crippen molar-refractivity contribution in [2.45, 2.75) is 13.5 Å². The van der Waals surface area contributed by atoms with Gasteiger partial charge in [0.15, 0.2) is 12.4 Å². The number of halogens is 1. The second-order valence-electron chi connectivity index (χ2n) is 8.93. The molecule has 2 aliphatic rings. The first-order valence-corrected chi connectivity index (χ1v) is 12.2. The van der Waals surface area contributed by atoms with Crippen LogP contribution in [0.25, 0.3) is 0 Å². The fraction of sp³-hybridized carbons (Fsp3) is 0.250. The minimum Gasteiger partial charge on any atom is -0.482 e. The van der Waals surface area contributed by atoms with E-state index in [0.717, 1.165) is 11.3 Å². The number of hydrogen-bond acceptors (Lipinski definition) is 5. The number of Topliss-reactive ketones (excluding diaryl/α,β-unsaturated/α-hetero) is 1. The zero-order valence-electron chi connectivity index (χ0n) is 19.9. The third-order valence-electron chi connectivity index (χ3n) is 6.61. The maximum atomic E-state index is 13.1. The minimum atomic E-state index is -0.181. The molecule has 0 atom stereocenters. The molecule has 184 valence electrons. The largest absolute Gasteiger partial charge is 0.482 e. The Morgan fingerprint density at radius 2 is 1.58 bits per heavy atom. The summed E-state index contributed by atoms with van der Waals surface area (Å²) in [7, 11) is 0. The molecule has 0 aliphatic carbocycles. The molecule has 0 radical (unpaired) electrons. The molecule has 0 spiro atoms. The summed E-state index contributed by atoms with van der Waals surface area (Å²) < 4.78 is 5.53. The zero-order chi connectivity index (χ0) is 25.2. The van der Waals surface area contributed by atoms with Crippen LogP contribution in [-0.2, 0) is 11.3 Å². The van der Waals surface area contributed by atoms with Crippen molar-refractivity contribution in [3.8, 4) is 5.75 Å². The van der Waals surface area contributed by atoms with Gasteiger partial charge in [0.05, 0.1) is 22.9 Å². The molecule has 2 amide bonds. The quantitative estimate of drug-likeness (QED) is 0.482. The fourth-order valence-electron chi connectivity index (χ4n) is 4.57. The van der Waals surface area contributed by atoms with Gasteiger partial charge in [-0.1, -0.05) is 35.9 Å². The predicted octanol–water partition coefficient (Wildman–Crippen LogP) is 4.43. The molecule has 0 unspecified atom stereocenters. The van der Waals surface area contributed by atoms with Crippen molar-refractivity contribution in [2.24, 2.45) is 0 Å². The average Bonchev–Trinajstić information content (AvgIpc) is 2.90. The van der Waals surface area contributed by atoms with E-state index in [1.165, 1.54) is 6.92 Å². The van der Waals surface area contributed by atoms with Crippen molar-refractivity contribution in [1.82, 2.24) is 4.90 Å². The zero-order valence-corrected chi connectivity index (χ0v) is 20.7. The highest BCUT2D eigenvalue weighted by Gasteiger charge is 2.27. The van der Waals surface area contributed by atoms with Gasteiger partial charge < -0.3 is 19.4 Å². The summed E-state index contributed by atoms with van der Waals surface area (Å²) in [6, 6.07) is 20.2. The number of ether oxygens (including phenoxy) is 1. The van der Waals surface area contributed by atoms with Gasteiger partial charge in [-0.25, -0.2) is 0 Å². The molecule has 0 saturated carbocycles. The van der Waals surface area contributed by atoms with Crippen molar-refractivity contribution in [2.75, 3.05) is 42.6 Å². The Kier molecular flexibility index (Phi) is 6.65. The van der Waals surface area contributed by atoms with Gasteiger partial charge in [-0.2, -0.15) is 0 Å². The molecule has 0 aromatic heterocycles. The van der Waals surface area contributed by atoms with Gasteiger partial charge in [0.1, 0.15) is 5.75 Å². The van der Waals surface area contributed by atoms with Gasteiger partial charge in [0.2, 0.25) is 0 Å². The van der Waals surface area contributed by atoms with Crippen LogP contribution in [0.15, 0.2) is 66.7 Å². The Labute approximate surface area is 214 Å². The minimum absolute atomic E-state index is 0.0146. The summed E-state index contributed by atoms with van der Waals surface area (Å²) >= 11 is 6.33. The number of ketones is 1. The number of carbonyl (C=O) groups is 3. The van der Waals surface area contributed by atoms with Crippen LogP contribution in [-0.4, -0.2) is 55.3 Å². The maximum absolute atomic E-state index is 13.1. The van der Waals surface area contributed by atoms with Crippen molar-refractivity contribution < 1.29 is 19.1 Å². The van der Waals surface area contributed by atoms with Crippen LogP contribution in [0.5, 0.6) is 5.75 Å². The summed E-state index contributed by atoms with van der Waals surface area (Å²) in [6.45, 7) is 4.42. The second-order valence-corrected chi connectivity index (χ2v) is 9.34. The van der Waals surface area contributed by atoms with E-state index >= 15 is 0 Å². The predicted molar refractivity (Wildman–Crippen MR) is 139 cm³/mol. The van der Waals surface area contributed by atoms with Gasteiger partial charge in [-0.15, -0.1) is 0 Å². The lowest BCUT2D eigenvalue weighted by molar-refractivity contribution is -0.121. The highest BCUT2D eigenvalue weighted by Crippen LogP contribution is 2.34. The molecule has 0 bridgehead atoms. The van der Waals surface area contributed by atoms with E-state index < -0.39 is 0 Å². The molecule has 2 aliphatic heterocycles. The third-order valence-corrected chi connectivity index (χ3v) is 6.93. The number of piperazine rings is 1. The Morgan fingerprint density at radius 1 is 0.889 bits per heavy atom. The Hall–Kier alpha value is -3.84. The molecule has 3 aromatic rings. The second kappa shape index (κ2) is 10.0. The smallest absolute Gasteiger partial charge is 0.265 e. The summed E-state index contributed by atoms with van der Waals surface area (Å²) in [5.41, 5.74) is 3.58. The lowest BCUT2D eigenvalue weighted by atomic mass is 10.1. The maximum Gasteiger partial charge on any atom is 0.265 e.